The van der Waals surface area contributed by atoms with Gasteiger partial charge in [-0.1, -0.05) is 12.8 Å². The van der Waals surface area contributed by atoms with Crippen LogP contribution in [0.2, 0.25) is 0 Å². The summed E-state index contributed by atoms with van der Waals surface area (Å²) in [4.78, 5) is 21.8. The molecule has 1 saturated carbocycles. The molecule has 7 rings (SSSR count). The molecule has 10 heteroatoms. The van der Waals surface area contributed by atoms with Crippen molar-refractivity contribution in [3.05, 3.63) is 54.2 Å². The molecule has 9 nitrogen and oxygen atoms in total. The second-order valence-corrected chi connectivity index (χ2v) is 11.2. The second-order valence-electron chi connectivity index (χ2n) is 11.2. The number of H-pyrrole nitrogens is 2. The summed E-state index contributed by atoms with van der Waals surface area (Å²) in [5, 5.41) is 11.4. The van der Waals surface area contributed by atoms with Crippen LogP contribution in [0.15, 0.2) is 42.9 Å². The van der Waals surface area contributed by atoms with Gasteiger partial charge in [-0.15, -0.1) is 0 Å². The fourth-order valence-corrected chi connectivity index (χ4v) is 6.15. The number of fused-ring (bicyclic) bond motifs is 2. The molecule has 1 saturated heterocycles. The van der Waals surface area contributed by atoms with Crippen LogP contribution in [0.25, 0.3) is 44.7 Å². The van der Waals surface area contributed by atoms with Gasteiger partial charge in [0.25, 0.3) is 0 Å². The number of hydrogen-bond acceptors (Lipinski definition) is 7. The smallest absolute Gasteiger partial charge is 0.161 e. The number of halogens is 1. The Labute approximate surface area is 232 Å². The highest BCUT2D eigenvalue weighted by molar-refractivity contribution is 5.97. The molecule has 2 fully saturated rings. The molecule has 1 aromatic carbocycles. The van der Waals surface area contributed by atoms with Crippen molar-refractivity contribution in [1.29, 1.82) is 0 Å². The lowest BCUT2D eigenvalue weighted by Crippen LogP contribution is -2.44. The van der Waals surface area contributed by atoms with Crippen molar-refractivity contribution in [2.75, 3.05) is 44.7 Å². The normalized spacial score (nSPS) is 17.0. The van der Waals surface area contributed by atoms with Crippen LogP contribution in [0, 0.1) is 11.7 Å². The molecule has 4 aromatic heterocycles. The van der Waals surface area contributed by atoms with Gasteiger partial charge in [0.15, 0.2) is 11.5 Å². The molecule has 0 atom stereocenters. The summed E-state index contributed by atoms with van der Waals surface area (Å²) in [5.41, 5.74) is 5.82. The van der Waals surface area contributed by atoms with E-state index in [9.17, 15) is 0 Å². The molecule has 1 aliphatic carbocycles. The Morgan fingerprint density at radius 3 is 2.77 bits per heavy atom. The topological polar surface area (TPSA) is 102 Å². The Bertz CT molecular complexity index is 1640. The average Bonchev–Trinajstić information content (AvgIpc) is 3.73. The van der Waals surface area contributed by atoms with Crippen molar-refractivity contribution in [2.24, 2.45) is 5.92 Å². The predicted molar refractivity (Wildman–Crippen MR) is 156 cm³/mol. The fourth-order valence-electron chi connectivity index (χ4n) is 6.15. The van der Waals surface area contributed by atoms with Crippen molar-refractivity contribution >= 4 is 27.8 Å². The standard InChI is InChI=1S/C30H34FN9/c1-39-10-12-40(13-11-39)24-8-9-34-29-27(24)35-30(36-29)28-25-23(37-38-28)7-6-22(26(25)31)21-14-20(17-33-18-21)16-32-15-19-4-2-3-5-19/h6-9,14,17-19,32H,2-5,10-13,15-16H2,1H3,(H,37,38)(H,34,35,36). The molecule has 5 heterocycles. The van der Waals surface area contributed by atoms with Gasteiger partial charge in [0.1, 0.15) is 17.0 Å². The Hall–Kier alpha value is -3.89. The van der Waals surface area contributed by atoms with Gasteiger partial charge in [0, 0.05) is 62.4 Å². The number of hydrogen-bond donors (Lipinski definition) is 3. The number of piperazine rings is 1. The van der Waals surface area contributed by atoms with Gasteiger partial charge in [-0.25, -0.2) is 14.4 Å². The Balaban J connectivity index is 1.20. The van der Waals surface area contributed by atoms with E-state index in [1.54, 1.807) is 18.5 Å². The van der Waals surface area contributed by atoms with Crippen LogP contribution in [-0.2, 0) is 6.54 Å². The monoisotopic (exact) mass is 539 g/mol. The first-order valence-electron chi connectivity index (χ1n) is 14.2. The molecule has 2 aliphatic rings. The maximum atomic E-state index is 16.2. The summed E-state index contributed by atoms with van der Waals surface area (Å²) in [7, 11) is 2.14. The van der Waals surface area contributed by atoms with Gasteiger partial charge in [-0.05, 0) is 62.2 Å². The molecule has 0 spiro atoms. The number of pyridine rings is 2. The third-order valence-electron chi connectivity index (χ3n) is 8.44. The van der Waals surface area contributed by atoms with Crippen molar-refractivity contribution in [3.8, 4) is 22.6 Å². The molecule has 0 bridgehead atoms. The van der Waals surface area contributed by atoms with Crippen molar-refractivity contribution < 1.29 is 4.39 Å². The summed E-state index contributed by atoms with van der Waals surface area (Å²) in [6.07, 6.45) is 10.7. The quantitative estimate of drug-likeness (QED) is 0.275. The zero-order valence-corrected chi connectivity index (χ0v) is 22.8. The average molecular weight is 540 g/mol. The number of aromatic amines is 2. The number of anilines is 1. The van der Waals surface area contributed by atoms with E-state index in [0.29, 0.717) is 33.6 Å². The zero-order valence-electron chi connectivity index (χ0n) is 22.8. The Morgan fingerprint density at radius 1 is 1.07 bits per heavy atom. The first-order chi connectivity index (χ1) is 19.6. The van der Waals surface area contributed by atoms with E-state index in [4.69, 9.17) is 4.98 Å². The van der Waals surface area contributed by atoms with Gasteiger partial charge in [-0.2, -0.15) is 5.10 Å². The third-order valence-corrected chi connectivity index (χ3v) is 8.44. The highest BCUT2D eigenvalue weighted by Crippen LogP contribution is 2.35. The number of aromatic nitrogens is 6. The summed E-state index contributed by atoms with van der Waals surface area (Å²) in [5.74, 6) is 0.919. The predicted octanol–water partition coefficient (Wildman–Crippen LogP) is 4.73. The lowest BCUT2D eigenvalue weighted by Gasteiger charge is -2.33. The number of nitrogens with one attached hydrogen (secondary N) is 3. The first kappa shape index (κ1) is 25.1. The van der Waals surface area contributed by atoms with Gasteiger partial charge in [-0.3, -0.25) is 10.1 Å². The summed E-state index contributed by atoms with van der Waals surface area (Å²) >= 11 is 0. The van der Waals surface area contributed by atoms with Crippen molar-refractivity contribution in [2.45, 2.75) is 32.2 Å². The molecular formula is C30H34FN9. The minimum Gasteiger partial charge on any atom is -0.367 e. The minimum absolute atomic E-state index is 0.341. The number of imidazole rings is 1. The van der Waals surface area contributed by atoms with Crippen LogP contribution in [-0.4, -0.2) is 74.8 Å². The number of benzene rings is 1. The number of nitrogens with zero attached hydrogens (tertiary/aromatic N) is 6. The van der Waals surface area contributed by atoms with Crippen LogP contribution in [0.5, 0.6) is 0 Å². The SMILES string of the molecule is CN1CCN(c2ccnc3[nH]c(-c4n[nH]c5ccc(-c6cncc(CNCC7CCCC7)c6)c(F)c45)nc23)CC1. The molecule has 206 valence electrons. The first-order valence-corrected chi connectivity index (χ1v) is 14.2. The zero-order chi connectivity index (χ0) is 27.1. The van der Waals surface area contributed by atoms with Crippen LogP contribution >= 0.6 is 0 Å². The molecule has 0 radical (unpaired) electrons. The van der Waals surface area contributed by atoms with E-state index in [-0.39, 0.29) is 5.82 Å². The van der Waals surface area contributed by atoms with Crippen LogP contribution in [0.3, 0.4) is 0 Å². The van der Waals surface area contributed by atoms with Gasteiger partial charge in [0.2, 0.25) is 0 Å². The lowest BCUT2D eigenvalue weighted by atomic mass is 10.0. The van der Waals surface area contributed by atoms with Gasteiger partial charge >= 0.3 is 0 Å². The van der Waals surface area contributed by atoms with Gasteiger partial charge in [0.05, 0.1) is 16.6 Å². The second kappa shape index (κ2) is 10.6. The maximum absolute atomic E-state index is 16.2. The molecule has 40 heavy (non-hydrogen) atoms. The summed E-state index contributed by atoms with van der Waals surface area (Å²) in [6.45, 7) is 5.57. The van der Waals surface area contributed by atoms with E-state index in [1.165, 1.54) is 25.7 Å². The largest absolute Gasteiger partial charge is 0.367 e. The molecular weight excluding hydrogens is 505 g/mol. The minimum atomic E-state index is -0.341. The molecule has 1 aliphatic heterocycles. The molecule has 5 aromatic rings. The summed E-state index contributed by atoms with van der Waals surface area (Å²) in [6, 6.07) is 7.68. The van der Waals surface area contributed by atoms with Crippen LogP contribution < -0.4 is 10.2 Å². The lowest BCUT2D eigenvalue weighted by molar-refractivity contribution is 0.313. The Morgan fingerprint density at radius 2 is 1.93 bits per heavy atom. The highest BCUT2D eigenvalue weighted by Gasteiger charge is 2.23. The Kier molecular flexibility index (Phi) is 6.65. The van der Waals surface area contributed by atoms with Crippen LogP contribution in [0.1, 0.15) is 31.2 Å². The number of rotatable bonds is 7. The van der Waals surface area contributed by atoms with Crippen molar-refractivity contribution in [1.82, 2.24) is 40.3 Å². The van der Waals surface area contributed by atoms with E-state index in [2.05, 4.69) is 47.3 Å². The number of likely N-dealkylation sites (N-methyl/N-ethyl adjacent to an activating group) is 1. The fraction of sp³-hybridized carbons (Fsp3) is 0.400. The van der Waals surface area contributed by atoms with E-state index < -0.39 is 0 Å². The van der Waals surface area contributed by atoms with E-state index >= 15 is 4.39 Å². The van der Waals surface area contributed by atoms with Crippen LogP contribution in [0.4, 0.5) is 10.1 Å². The summed E-state index contributed by atoms with van der Waals surface area (Å²) < 4.78 is 16.2. The van der Waals surface area contributed by atoms with Crippen molar-refractivity contribution in [3.63, 3.8) is 0 Å². The molecule has 0 unspecified atom stereocenters. The van der Waals surface area contributed by atoms with Gasteiger partial charge < -0.3 is 20.1 Å². The maximum Gasteiger partial charge on any atom is 0.161 e. The molecule has 3 N–H and O–H groups in total. The highest BCUT2D eigenvalue weighted by atomic mass is 19.1. The van der Waals surface area contributed by atoms with E-state index in [0.717, 1.165) is 67.5 Å². The third kappa shape index (κ3) is 4.71. The van der Waals surface area contributed by atoms with E-state index in [1.807, 2.05) is 24.4 Å². The molecule has 0 amide bonds.